The van der Waals surface area contributed by atoms with Crippen molar-refractivity contribution in [3.8, 4) is 0 Å². The molecule has 4 heteroatoms. The van der Waals surface area contributed by atoms with Gasteiger partial charge >= 0.3 is 0 Å². The molecule has 0 heterocycles. The molecule has 0 aromatic heterocycles. The quantitative estimate of drug-likeness (QED) is 0.776. The fraction of sp³-hybridized carbons (Fsp3) is 0.600. The van der Waals surface area contributed by atoms with E-state index in [4.69, 9.17) is 16.7 Å². The minimum absolute atomic E-state index is 0.0897. The lowest BCUT2D eigenvalue weighted by atomic mass is 10.1. The van der Waals surface area contributed by atoms with Crippen LogP contribution in [0.2, 0.25) is 5.02 Å². The molecule has 0 bridgehead atoms. The van der Waals surface area contributed by atoms with E-state index in [9.17, 15) is 0 Å². The molecule has 1 aromatic rings. The zero-order chi connectivity index (χ0) is 14.5. The topological polar surface area (TPSA) is 32.3 Å². The van der Waals surface area contributed by atoms with E-state index in [0.717, 1.165) is 28.4 Å². The van der Waals surface area contributed by atoms with E-state index in [1.165, 1.54) is 0 Å². The van der Waals surface area contributed by atoms with Crippen molar-refractivity contribution in [2.75, 3.05) is 6.61 Å². The summed E-state index contributed by atoms with van der Waals surface area (Å²) in [6.45, 7) is 9.55. The summed E-state index contributed by atoms with van der Waals surface area (Å²) < 4.78 is 0. The van der Waals surface area contributed by atoms with Gasteiger partial charge in [-0.05, 0) is 44.9 Å². The molecule has 108 valence electrons. The van der Waals surface area contributed by atoms with Crippen LogP contribution in [-0.2, 0) is 6.54 Å². The third kappa shape index (κ3) is 6.66. The molecule has 0 fully saturated rings. The smallest absolute Gasteiger partial charge is 0.0462 e. The first kappa shape index (κ1) is 16.8. The van der Waals surface area contributed by atoms with E-state index in [-0.39, 0.29) is 12.1 Å². The molecular weight excluding hydrogens is 278 g/mol. The van der Waals surface area contributed by atoms with Gasteiger partial charge in [-0.15, -0.1) is 11.8 Å². The number of halogens is 1. The second kappa shape index (κ2) is 7.53. The number of hydrogen-bond donors (Lipinski definition) is 2. The summed E-state index contributed by atoms with van der Waals surface area (Å²) in [4.78, 5) is 1.16. The average molecular weight is 302 g/mol. The molecule has 0 saturated carbocycles. The van der Waals surface area contributed by atoms with Crippen molar-refractivity contribution < 1.29 is 5.11 Å². The largest absolute Gasteiger partial charge is 0.396 e. The predicted octanol–water partition coefficient (Wildman–Crippen LogP) is 4.09. The molecule has 0 aliphatic rings. The number of rotatable bonds is 6. The maximum Gasteiger partial charge on any atom is 0.0462 e. The van der Waals surface area contributed by atoms with E-state index in [1.807, 2.05) is 6.07 Å². The molecule has 1 unspecified atom stereocenters. The fourth-order valence-electron chi connectivity index (χ4n) is 1.58. The van der Waals surface area contributed by atoms with Crippen molar-refractivity contribution in [2.45, 2.75) is 56.3 Å². The molecule has 1 rings (SSSR count). The van der Waals surface area contributed by atoms with E-state index in [0.29, 0.717) is 5.25 Å². The van der Waals surface area contributed by atoms with Gasteiger partial charge in [0.2, 0.25) is 0 Å². The van der Waals surface area contributed by atoms with E-state index in [1.54, 1.807) is 11.8 Å². The van der Waals surface area contributed by atoms with Crippen LogP contribution in [0.5, 0.6) is 0 Å². The average Bonchev–Trinajstić information content (AvgIpc) is 2.26. The Hall–Kier alpha value is -0.220. The lowest BCUT2D eigenvalue weighted by Crippen LogP contribution is -2.35. The highest BCUT2D eigenvalue weighted by Crippen LogP contribution is 2.29. The van der Waals surface area contributed by atoms with Crippen LogP contribution < -0.4 is 5.32 Å². The van der Waals surface area contributed by atoms with Crippen molar-refractivity contribution >= 4 is 23.4 Å². The maximum atomic E-state index is 8.91. The monoisotopic (exact) mass is 301 g/mol. The Morgan fingerprint density at radius 2 is 2.05 bits per heavy atom. The van der Waals surface area contributed by atoms with Crippen LogP contribution >= 0.6 is 23.4 Å². The van der Waals surface area contributed by atoms with Gasteiger partial charge in [0.15, 0.2) is 0 Å². The van der Waals surface area contributed by atoms with Crippen LogP contribution in [0, 0.1) is 0 Å². The minimum Gasteiger partial charge on any atom is -0.396 e. The van der Waals surface area contributed by atoms with Crippen molar-refractivity contribution in [2.24, 2.45) is 0 Å². The van der Waals surface area contributed by atoms with Gasteiger partial charge in [-0.2, -0.15) is 0 Å². The maximum absolute atomic E-state index is 8.91. The summed E-state index contributed by atoms with van der Waals surface area (Å²) in [5.74, 6) is 0. The number of hydrogen-bond acceptors (Lipinski definition) is 3. The van der Waals surface area contributed by atoms with E-state index >= 15 is 0 Å². The lowest BCUT2D eigenvalue weighted by Gasteiger charge is -2.21. The van der Waals surface area contributed by atoms with Crippen LogP contribution in [0.3, 0.4) is 0 Å². The first-order valence-corrected chi connectivity index (χ1v) is 7.88. The molecule has 2 N–H and O–H groups in total. The highest BCUT2D eigenvalue weighted by atomic mass is 35.5. The van der Waals surface area contributed by atoms with Gasteiger partial charge in [-0.1, -0.05) is 24.6 Å². The van der Waals surface area contributed by atoms with Gasteiger partial charge in [0, 0.05) is 33.9 Å². The van der Waals surface area contributed by atoms with Gasteiger partial charge < -0.3 is 10.4 Å². The summed E-state index contributed by atoms with van der Waals surface area (Å²) in [5.41, 5.74) is 1.21. The Labute approximate surface area is 125 Å². The normalized spacial score (nSPS) is 13.6. The fourth-order valence-corrected chi connectivity index (χ4v) is 2.91. The summed E-state index contributed by atoms with van der Waals surface area (Å²) in [7, 11) is 0. The first-order valence-electron chi connectivity index (χ1n) is 6.63. The van der Waals surface area contributed by atoms with Crippen LogP contribution in [0.15, 0.2) is 23.1 Å². The molecule has 0 saturated heterocycles. The SMILES string of the molecule is CC(CCO)Sc1ccc(CNC(C)(C)C)c(Cl)c1. The van der Waals surface area contributed by atoms with Crippen molar-refractivity contribution in [3.63, 3.8) is 0 Å². The first-order chi connectivity index (χ1) is 8.81. The molecule has 1 atom stereocenters. The Balaban J connectivity index is 2.64. The summed E-state index contributed by atoms with van der Waals surface area (Å²) in [5, 5.41) is 13.6. The number of thioether (sulfide) groups is 1. The van der Waals surface area contributed by atoms with Gasteiger partial charge in [0.05, 0.1) is 0 Å². The zero-order valence-electron chi connectivity index (χ0n) is 12.2. The van der Waals surface area contributed by atoms with Gasteiger partial charge in [-0.3, -0.25) is 0 Å². The Kier molecular flexibility index (Phi) is 6.67. The van der Waals surface area contributed by atoms with Crippen LogP contribution in [0.1, 0.15) is 39.7 Å². The third-order valence-electron chi connectivity index (χ3n) is 2.71. The molecule has 0 amide bonds. The second-order valence-corrected chi connectivity index (χ2v) is 7.72. The van der Waals surface area contributed by atoms with Crippen LogP contribution in [0.4, 0.5) is 0 Å². The zero-order valence-corrected chi connectivity index (χ0v) is 13.7. The lowest BCUT2D eigenvalue weighted by molar-refractivity contribution is 0.289. The van der Waals surface area contributed by atoms with Gasteiger partial charge in [0.1, 0.15) is 0 Å². The van der Waals surface area contributed by atoms with Crippen LogP contribution in [0.25, 0.3) is 0 Å². The number of aliphatic hydroxyl groups excluding tert-OH is 1. The molecule has 2 nitrogen and oxygen atoms in total. The Morgan fingerprint density at radius 1 is 1.37 bits per heavy atom. The Morgan fingerprint density at radius 3 is 2.58 bits per heavy atom. The minimum atomic E-state index is 0.0897. The summed E-state index contributed by atoms with van der Waals surface area (Å²) in [6, 6.07) is 6.19. The van der Waals surface area contributed by atoms with Crippen molar-refractivity contribution in [1.82, 2.24) is 5.32 Å². The highest BCUT2D eigenvalue weighted by molar-refractivity contribution is 7.99. The molecule has 0 aliphatic heterocycles. The molecule has 1 aromatic carbocycles. The van der Waals surface area contributed by atoms with E-state index in [2.05, 4.69) is 45.1 Å². The highest BCUT2D eigenvalue weighted by Gasteiger charge is 2.11. The standard InChI is InChI=1S/C15H24ClNOS/c1-11(7-8-18)19-13-6-5-12(14(16)9-13)10-17-15(2,3)4/h5-6,9,11,17-18H,7-8,10H2,1-4H3. The van der Waals surface area contributed by atoms with E-state index < -0.39 is 0 Å². The van der Waals surface area contributed by atoms with Crippen molar-refractivity contribution in [1.29, 1.82) is 0 Å². The van der Waals surface area contributed by atoms with Crippen molar-refractivity contribution in [3.05, 3.63) is 28.8 Å². The predicted molar refractivity (Wildman–Crippen MR) is 85.1 cm³/mol. The molecule has 19 heavy (non-hydrogen) atoms. The molecule has 0 radical (unpaired) electrons. The van der Waals surface area contributed by atoms with Crippen LogP contribution in [-0.4, -0.2) is 22.5 Å². The second-order valence-electron chi connectivity index (χ2n) is 5.80. The molecule has 0 aliphatic carbocycles. The van der Waals surface area contributed by atoms with Gasteiger partial charge in [0.25, 0.3) is 0 Å². The molecular formula is C15H24ClNOS. The summed E-state index contributed by atoms with van der Waals surface area (Å²) in [6.07, 6.45) is 0.801. The number of nitrogens with one attached hydrogen (secondary N) is 1. The van der Waals surface area contributed by atoms with Gasteiger partial charge in [-0.25, -0.2) is 0 Å². The summed E-state index contributed by atoms with van der Waals surface area (Å²) >= 11 is 8.07. The number of benzene rings is 1. The third-order valence-corrected chi connectivity index (χ3v) is 4.22. The Bertz CT molecular complexity index is 404. The molecule has 0 spiro atoms. The number of aliphatic hydroxyl groups is 1.